The molecule has 6 heteroatoms. The SMILES string of the molecule is Cc1nc(Cn2ccnc(Cl)c2=O)cs1. The van der Waals surface area contributed by atoms with Crippen molar-refractivity contribution in [2.75, 3.05) is 0 Å². The van der Waals surface area contributed by atoms with Gasteiger partial charge in [0.2, 0.25) is 0 Å². The Morgan fingerprint density at radius 2 is 2.40 bits per heavy atom. The van der Waals surface area contributed by atoms with Crippen LogP contribution in [0.3, 0.4) is 0 Å². The Morgan fingerprint density at radius 3 is 3.07 bits per heavy atom. The number of halogens is 1. The van der Waals surface area contributed by atoms with E-state index in [1.54, 1.807) is 17.5 Å². The predicted octanol–water partition coefficient (Wildman–Crippen LogP) is 1.71. The average molecular weight is 242 g/mol. The lowest BCUT2D eigenvalue weighted by Gasteiger charge is -2.01. The van der Waals surface area contributed by atoms with E-state index in [0.717, 1.165) is 10.7 Å². The van der Waals surface area contributed by atoms with Crippen LogP contribution in [0.4, 0.5) is 0 Å². The molecule has 0 aliphatic carbocycles. The first-order valence-corrected chi connectivity index (χ1v) is 5.54. The first-order chi connectivity index (χ1) is 7.16. The number of aromatic nitrogens is 3. The summed E-state index contributed by atoms with van der Waals surface area (Å²) < 4.78 is 1.49. The van der Waals surface area contributed by atoms with E-state index in [9.17, 15) is 4.79 Å². The van der Waals surface area contributed by atoms with Crippen LogP contribution in [0.25, 0.3) is 0 Å². The fraction of sp³-hybridized carbons (Fsp3) is 0.222. The molecule has 4 nitrogen and oxygen atoms in total. The Hall–Kier alpha value is -1.20. The third-order valence-corrected chi connectivity index (χ3v) is 2.95. The molecular formula is C9H8ClN3OS. The molecule has 78 valence electrons. The Kier molecular flexibility index (Phi) is 2.83. The minimum atomic E-state index is -0.287. The van der Waals surface area contributed by atoms with Gasteiger partial charge in [0.05, 0.1) is 17.2 Å². The van der Waals surface area contributed by atoms with Gasteiger partial charge in [-0.15, -0.1) is 11.3 Å². The van der Waals surface area contributed by atoms with Crippen LogP contribution < -0.4 is 5.56 Å². The van der Waals surface area contributed by atoms with Gasteiger partial charge in [0.1, 0.15) is 0 Å². The lowest BCUT2D eigenvalue weighted by atomic mass is 10.4. The molecule has 0 saturated carbocycles. The maximum absolute atomic E-state index is 11.5. The van der Waals surface area contributed by atoms with E-state index in [4.69, 9.17) is 11.6 Å². The molecule has 0 aromatic carbocycles. The number of rotatable bonds is 2. The van der Waals surface area contributed by atoms with E-state index in [0.29, 0.717) is 6.54 Å². The van der Waals surface area contributed by atoms with Crippen LogP contribution in [0.1, 0.15) is 10.7 Å². The second kappa shape index (κ2) is 4.12. The van der Waals surface area contributed by atoms with Crippen molar-refractivity contribution in [2.24, 2.45) is 0 Å². The monoisotopic (exact) mass is 241 g/mol. The molecule has 0 aliphatic rings. The van der Waals surface area contributed by atoms with Gasteiger partial charge < -0.3 is 4.57 Å². The summed E-state index contributed by atoms with van der Waals surface area (Å²) in [7, 11) is 0. The largest absolute Gasteiger partial charge is 0.305 e. The van der Waals surface area contributed by atoms with Crippen molar-refractivity contribution in [2.45, 2.75) is 13.5 Å². The number of aryl methyl sites for hydroxylation is 1. The van der Waals surface area contributed by atoms with Crippen LogP contribution >= 0.6 is 22.9 Å². The molecule has 0 fully saturated rings. The third-order valence-electron chi connectivity index (χ3n) is 1.87. The summed E-state index contributed by atoms with van der Waals surface area (Å²) in [6.07, 6.45) is 3.10. The lowest BCUT2D eigenvalue weighted by Crippen LogP contribution is -2.21. The Labute approximate surface area is 95.2 Å². The van der Waals surface area contributed by atoms with Crippen LogP contribution in [0.2, 0.25) is 5.15 Å². The van der Waals surface area contributed by atoms with Crippen molar-refractivity contribution in [1.29, 1.82) is 0 Å². The zero-order valence-corrected chi connectivity index (χ0v) is 9.55. The summed E-state index contributed by atoms with van der Waals surface area (Å²) in [5.41, 5.74) is 0.576. The second-order valence-electron chi connectivity index (χ2n) is 3.01. The summed E-state index contributed by atoms with van der Waals surface area (Å²) >= 11 is 7.18. The summed E-state index contributed by atoms with van der Waals surface area (Å²) in [6, 6.07) is 0. The van der Waals surface area contributed by atoms with Gasteiger partial charge in [-0.1, -0.05) is 11.6 Å². The lowest BCUT2D eigenvalue weighted by molar-refractivity contribution is 0.732. The average Bonchev–Trinajstić information content (AvgIpc) is 2.59. The van der Waals surface area contributed by atoms with E-state index in [1.807, 2.05) is 12.3 Å². The summed E-state index contributed by atoms with van der Waals surface area (Å²) in [5, 5.41) is 2.90. The molecule has 0 unspecified atom stereocenters. The van der Waals surface area contributed by atoms with Gasteiger partial charge in [-0.05, 0) is 6.92 Å². The zero-order valence-electron chi connectivity index (χ0n) is 7.98. The number of hydrogen-bond acceptors (Lipinski definition) is 4. The van der Waals surface area contributed by atoms with Crippen LogP contribution in [0.5, 0.6) is 0 Å². The molecule has 0 atom stereocenters. The standard InChI is InChI=1S/C9H8ClN3OS/c1-6-12-7(5-15-6)4-13-3-2-11-8(10)9(13)14/h2-3,5H,4H2,1H3. The molecule has 0 N–H and O–H groups in total. The molecule has 0 radical (unpaired) electrons. The Bertz CT molecular complexity index is 534. The van der Waals surface area contributed by atoms with Crippen molar-refractivity contribution in [3.63, 3.8) is 0 Å². The van der Waals surface area contributed by atoms with E-state index in [1.165, 1.54) is 10.8 Å². The number of hydrogen-bond donors (Lipinski definition) is 0. The molecule has 2 heterocycles. The summed E-state index contributed by atoms with van der Waals surface area (Å²) in [4.78, 5) is 19.5. The minimum absolute atomic E-state index is 0.00977. The van der Waals surface area contributed by atoms with Gasteiger partial charge in [-0.2, -0.15) is 0 Å². The maximum Gasteiger partial charge on any atom is 0.288 e. The molecule has 2 aromatic heterocycles. The third kappa shape index (κ3) is 2.24. The second-order valence-corrected chi connectivity index (χ2v) is 4.43. The van der Waals surface area contributed by atoms with E-state index in [-0.39, 0.29) is 10.7 Å². The van der Waals surface area contributed by atoms with Crippen LogP contribution in [-0.4, -0.2) is 14.5 Å². The predicted molar refractivity (Wildman–Crippen MR) is 59.5 cm³/mol. The van der Waals surface area contributed by atoms with Gasteiger partial charge in [0.15, 0.2) is 5.15 Å². The van der Waals surface area contributed by atoms with Gasteiger partial charge in [0, 0.05) is 17.8 Å². The molecule has 2 rings (SSSR count). The van der Waals surface area contributed by atoms with Crippen LogP contribution in [0.15, 0.2) is 22.6 Å². The fourth-order valence-corrected chi connectivity index (χ4v) is 1.97. The van der Waals surface area contributed by atoms with Crippen molar-refractivity contribution >= 4 is 22.9 Å². The van der Waals surface area contributed by atoms with Crippen molar-refractivity contribution < 1.29 is 0 Å². The quantitative estimate of drug-likeness (QED) is 0.804. The Balaban J connectivity index is 2.32. The molecule has 0 aliphatic heterocycles. The highest BCUT2D eigenvalue weighted by atomic mass is 35.5. The number of thiazole rings is 1. The van der Waals surface area contributed by atoms with Crippen LogP contribution in [0, 0.1) is 6.92 Å². The molecule has 0 spiro atoms. The van der Waals surface area contributed by atoms with E-state index >= 15 is 0 Å². The normalized spacial score (nSPS) is 10.5. The molecule has 2 aromatic rings. The highest BCUT2D eigenvalue weighted by Crippen LogP contribution is 2.08. The fourth-order valence-electron chi connectivity index (χ4n) is 1.20. The van der Waals surface area contributed by atoms with Gasteiger partial charge in [0.25, 0.3) is 5.56 Å². The minimum Gasteiger partial charge on any atom is -0.305 e. The van der Waals surface area contributed by atoms with Crippen molar-refractivity contribution in [3.05, 3.63) is 44.0 Å². The highest BCUT2D eigenvalue weighted by Gasteiger charge is 2.04. The molecular weight excluding hydrogens is 234 g/mol. The maximum atomic E-state index is 11.5. The molecule has 15 heavy (non-hydrogen) atoms. The van der Waals surface area contributed by atoms with Crippen molar-refractivity contribution in [1.82, 2.24) is 14.5 Å². The first-order valence-electron chi connectivity index (χ1n) is 4.29. The van der Waals surface area contributed by atoms with E-state index < -0.39 is 0 Å². The number of nitrogens with zero attached hydrogens (tertiary/aromatic N) is 3. The zero-order chi connectivity index (χ0) is 10.8. The van der Waals surface area contributed by atoms with Gasteiger partial charge in [-0.25, -0.2) is 9.97 Å². The van der Waals surface area contributed by atoms with E-state index in [2.05, 4.69) is 9.97 Å². The molecule has 0 bridgehead atoms. The summed E-state index contributed by atoms with van der Waals surface area (Å²) in [5.74, 6) is 0. The first kappa shape index (κ1) is 10.3. The van der Waals surface area contributed by atoms with Crippen molar-refractivity contribution in [3.8, 4) is 0 Å². The van der Waals surface area contributed by atoms with Crippen LogP contribution in [-0.2, 0) is 6.54 Å². The smallest absolute Gasteiger partial charge is 0.288 e. The molecule has 0 amide bonds. The van der Waals surface area contributed by atoms with Gasteiger partial charge in [-0.3, -0.25) is 4.79 Å². The molecule has 0 saturated heterocycles. The van der Waals surface area contributed by atoms with Gasteiger partial charge >= 0.3 is 0 Å². The highest BCUT2D eigenvalue weighted by molar-refractivity contribution is 7.09. The summed E-state index contributed by atoms with van der Waals surface area (Å²) in [6.45, 7) is 2.36. The topological polar surface area (TPSA) is 47.8 Å². The Morgan fingerprint density at radius 1 is 1.60 bits per heavy atom.